The van der Waals surface area contributed by atoms with Crippen molar-refractivity contribution in [2.75, 3.05) is 7.11 Å². The maximum Gasteiger partial charge on any atom is 0.303 e. The lowest BCUT2D eigenvalue weighted by Crippen LogP contribution is -1.98. The quantitative estimate of drug-likeness (QED) is 0.883. The summed E-state index contributed by atoms with van der Waals surface area (Å²) >= 11 is 1.60. The molecule has 0 aliphatic heterocycles. The number of hydrogen-bond acceptors (Lipinski definition) is 4. The van der Waals surface area contributed by atoms with Crippen molar-refractivity contribution in [2.24, 2.45) is 0 Å². The molecular weight excluding hydrogens is 286 g/mol. The van der Waals surface area contributed by atoms with Gasteiger partial charge in [0.15, 0.2) is 0 Å². The Bertz CT molecular complexity index is 661. The third kappa shape index (κ3) is 3.08. The first-order chi connectivity index (χ1) is 10.2. The number of methoxy groups -OCH3 is 1. The molecule has 4 nitrogen and oxygen atoms in total. The zero-order chi connectivity index (χ0) is 14.8. The van der Waals surface area contributed by atoms with Gasteiger partial charge in [0, 0.05) is 10.8 Å². The molecule has 0 bridgehead atoms. The van der Waals surface area contributed by atoms with E-state index in [1.54, 1.807) is 18.4 Å². The highest BCUT2D eigenvalue weighted by Crippen LogP contribution is 2.45. The largest absolute Gasteiger partial charge is 0.496 e. The molecule has 1 aliphatic rings. The first-order valence-electron chi connectivity index (χ1n) is 7.04. The van der Waals surface area contributed by atoms with Crippen molar-refractivity contribution in [3.05, 3.63) is 34.8 Å². The molecule has 110 valence electrons. The number of carbonyl (C=O) groups is 1. The minimum Gasteiger partial charge on any atom is -0.496 e. The Labute approximate surface area is 127 Å². The first kappa shape index (κ1) is 14.1. The Kier molecular flexibility index (Phi) is 3.92. The van der Waals surface area contributed by atoms with Crippen LogP contribution in [0.25, 0.3) is 10.6 Å². The number of benzene rings is 1. The third-order valence-corrected chi connectivity index (χ3v) is 4.76. The highest BCUT2D eigenvalue weighted by Gasteiger charge is 2.30. The molecule has 0 spiro atoms. The molecule has 1 aliphatic carbocycles. The minimum absolute atomic E-state index is 0.160. The van der Waals surface area contributed by atoms with Crippen LogP contribution in [0.1, 0.15) is 35.8 Å². The number of para-hydroxylation sites is 1. The Hall–Kier alpha value is -1.88. The fourth-order valence-electron chi connectivity index (χ4n) is 2.38. The van der Waals surface area contributed by atoms with E-state index in [1.807, 2.05) is 24.3 Å². The van der Waals surface area contributed by atoms with Crippen LogP contribution in [-0.2, 0) is 11.2 Å². The molecule has 21 heavy (non-hydrogen) atoms. The summed E-state index contributed by atoms with van der Waals surface area (Å²) in [7, 11) is 1.65. The van der Waals surface area contributed by atoms with E-state index in [4.69, 9.17) is 14.8 Å². The van der Waals surface area contributed by atoms with Gasteiger partial charge in [-0.1, -0.05) is 12.1 Å². The molecule has 0 amide bonds. The number of aliphatic carboxylic acids is 1. The van der Waals surface area contributed by atoms with E-state index < -0.39 is 5.97 Å². The Balaban J connectivity index is 1.95. The molecule has 0 atom stereocenters. The van der Waals surface area contributed by atoms with Crippen molar-refractivity contribution in [3.63, 3.8) is 0 Å². The van der Waals surface area contributed by atoms with Gasteiger partial charge in [-0.15, -0.1) is 11.3 Å². The molecule has 1 saturated carbocycles. The Morgan fingerprint density at radius 1 is 1.43 bits per heavy atom. The number of rotatable bonds is 6. The molecule has 2 aromatic rings. The molecule has 1 aromatic carbocycles. The molecule has 1 aromatic heterocycles. The standard InChI is InChI=1S/C16H17NO3S/c1-20-12-5-3-2-4-11(12)16-17-15(10-6-7-10)13(21-16)8-9-14(18)19/h2-5,10H,6-9H2,1H3,(H,18,19). The van der Waals surface area contributed by atoms with Crippen molar-refractivity contribution < 1.29 is 14.6 Å². The second kappa shape index (κ2) is 5.85. The number of carboxylic acids is 1. The van der Waals surface area contributed by atoms with Crippen LogP contribution < -0.4 is 4.74 Å². The summed E-state index contributed by atoms with van der Waals surface area (Å²) in [6, 6.07) is 7.82. The van der Waals surface area contributed by atoms with Crippen molar-refractivity contribution in [2.45, 2.75) is 31.6 Å². The second-order valence-electron chi connectivity index (χ2n) is 5.20. The van der Waals surface area contributed by atoms with Crippen LogP contribution in [-0.4, -0.2) is 23.2 Å². The van der Waals surface area contributed by atoms with Crippen molar-refractivity contribution in [1.82, 2.24) is 4.98 Å². The molecule has 3 rings (SSSR count). The Morgan fingerprint density at radius 3 is 2.86 bits per heavy atom. The van der Waals surface area contributed by atoms with E-state index in [1.165, 1.54) is 0 Å². The summed E-state index contributed by atoms with van der Waals surface area (Å²) < 4.78 is 5.40. The van der Waals surface area contributed by atoms with Crippen LogP contribution in [0.5, 0.6) is 5.75 Å². The van der Waals surface area contributed by atoms with Gasteiger partial charge >= 0.3 is 5.97 Å². The summed E-state index contributed by atoms with van der Waals surface area (Å²) in [6.45, 7) is 0. The maximum atomic E-state index is 10.8. The van der Waals surface area contributed by atoms with E-state index in [9.17, 15) is 4.79 Å². The molecule has 1 fully saturated rings. The number of ether oxygens (including phenoxy) is 1. The molecule has 0 unspecified atom stereocenters. The summed E-state index contributed by atoms with van der Waals surface area (Å²) in [5.74, 6) is 0.566. The summed E-state index contributed by atoms with van der Waals surface area (Å²) in [5.41, 5.74) is 2.08. The number of nitrogens with zero attached hydrogens (tertiary/aromatic N) is 1. The average molecular weight is 303 g/mol. The minimum atomic E-state index is -0.760. The van der Waals surface area contributed by atoms with Crippen LogP contribution in [0.3, 0.4) is 0 Å². The smallest absolute Gasteiger partial charge is 0.303 e. The van der Waals surface area contributed by atoms with Gasteiger partial charge in [-0.2, -0.15) is 0 Å². The van der Waals surface area contributed by atoms with Gasteiger partial charge in [0.05, 0.1) is 24.8 Å². The van der Waals surface area contributed by atoms with Gasteiger partial charge in [0.1, 0.15) is 10.8 Å². The van der Waals surface area contributed by atoms with Crippen LogP contribution in [0, 0.1) is 0 Å². The summed E-state index contributed by atoms with van der Waals surface area (Å²) in [5, 5.41) is 9.82. The summed E-state index contributed by atoms with van der Waals surface area (Å²) in [4.78, 5) is 16.7. The first-order valence-corrected chi connectivity index (χ1v) is 7.85. The molecule has 0 saturated heterocycles. The monoisotopic (exact) mass is 303 g/mol. The predicted molar refractivity (Wildman–Crippen MR) is 82.0 cm³/mol. The van der Waals surface area contributed by atoms with Gasteiger partial charge in [0.25, 0.3) is 0 Å². The predicted octanol–water partition coefficient (Wildman–Crippen LogP) is 3.71. The maximum absolute atomic E-state index is 10.8. The fourth-order valence-corrected chi connectivity index (χ4v) is 3.55. The lowest BCUT2D eigenvalue weighted by molar-refractivity contribution is -0.136. The topological polar surface area (TPSA) is 59.4 Å². The number of carboxylic acid groups (broad SMARTS) is 1. The Morgan fingerprint density at radius 2 is 2.19 bits per heavy atom. The van der Waals surface area contributed by atoms with Crippen LogP contribution >= 0.6 is 11.3 Å². The highest BCUT2D eigenvalue weighted by molar-refractivity contribution is 7.15. The zero-order valence-corrected chi connectivity index (χ0v) is 12.7. The van der Waals surface area contributed by atoms with E-state index >= 15 is 0 Å². The van der Waals surface area contributed by atoms with Gasteiger partial charge in [0.2, 0.25) is 0 Å². The number of aryl methyl sites for hydroxylation is 1. The molecular formula is C16H17NO3S. The third-order valence-electron chi connectivity index (χ3n) is 3.59. The van der Waals surface area contributed by atoms with E-state index in [-0.39, 0.29) is 6.42 Å². The van der Waals surface area contributed by atoms with Gasteiger partial charge in [-0.3, -0.25) is 4.79 Å². The molecule has 0 radical (unpaired) electrons. The summed E-state index contributed by atoms with van der Waals surface area (Å²) in [6.07, 6.45) is 3.05. The van der Waals surface area contributed by atoms with Crippen LogP contribution in [0.4, 0.5) is 0 Å². The van der Waals surface area contributed by atoms with Crippen LogP contribution in [0.15, 0.2) is 24.3 Å². The normalized spacial score (nSPS) is 14.1. The van der Waals surface area contributed by atoms with Crippen LogP contribution in [0.2, 0.25) is 0 Å². The van der Waals surface area contributed by atoms with Gasteiger partial charge in [-0.05, 0) is 31.4 Å². The van der Waals surface area contributed by atoms with Crippen molar-refractivity contribution in [1.29, 1.82) is 0 Å². The van der Waals surface area contributed by atoms with E-state index in [2.05, 4.69) is 0 Å². The van der Waals surface area contributed by atoms with Gasteiger partial charge in [-0.25, -0.2) is 4.98 Å². The molecule has 1 N–H and O–H groups in total. The lowest BCUT2D eigenvalue weighted by atomic mass is 10.2. The molecule has 1 heterocycles. The van der Waals surface area contributed by atoms with Crippen molar-refractivity contribution >= 4 is 17.3 Å². The van der Waals surface area contributed by atoms with E-state index in [0.29, 0.717) is 12.3 Å². The number of thiazole rings is 1. The fraction of sp³-hybridized carbons (Fsp3) is 0.375. The van der Waals surface area contributed by atoms with E-state index in [0.717, 1.165) is 39.7 Å². The van der Waals surface area contributed by atoms with Gasteiger partial charge < -0.3 is 9.84 Å². The lowest BCUT2D eigenvalue weighted by Gasteiger charge is -2.04. The SMILES string of the molecule is COc1ccccc1-c1nc(C2CC2)c(CCC(=O)O)s1. The van der Waals surface area contributed by atoms with Crippen molar-refractivity contribution in [3.8, 4) is 16.3 Å². The number of aromatic nitrogens is 1. The average Bonchev–Trinajstić information content (AvgIpc) is 3.25. The highest BCUT2D eigenvalue weighted by atomic mass is 32.1. The second-order valence-corrected chi connectivity index (χ2v) is 6.28. The molecule has 5 heteroatoms. The number of hydrogen-bond donors (Lipinski definition) is 1. The zero-order valence-electron chi connectivity index (χ0n) is 11.8.